The molecule has 2 rings (SSSR count). The van der Waals surface area contributed by atoms with Gasteiger partial charge in [0.15, 0.2) is 5.96 Å². The van der Waals surface area contributed by atoms with E-state index >= 15 is 0 Å². The van der Waals surface area contributed by atoms with Crippen molar-refractivity contribution in [3.63, 3.8) is 0 Å². The summed E-state index contributed by atoms with van der Waals surface area (Å²) in [4.78, 5) is 29.5. The number of nitrogens with one attached hydrogen (secondary N) is 3. The van der Waals surface area contributed by atoms with Crippen molar-refractivity contribution in [2.24, 2.45) is 4.99 Å². The first kappa shape index (κ1) is 25.4. The van der Waals surface area contributed by atoms with Gasteiger partial charge in [0.25, 0.3) is 11.8 Å². The van der Waals surface area contributed by atoms with Crippen LogP contribution < -0.4 is 16.0 Å². The standard InChI is InChI=1S/C22H29N5O2.HI/c1-5-24-20(28)18-10-6-16(7-11-18)14-25-22(23-2)26-15-17-8-12-19(13-9-17)21(29)27(3)4;/h6-13H,5,14-15H2,1-4H3,(H,24,28)(H2,23,25,26);1H. The van der Waals surface area contributed by atoms with Crippen molar-refractivity contribution in [3.05, 3.63) is 70.8 Å². The first-order chi connectivity index (χ1) is 13.9. The first-order valence-corrected chi connectivity index (χ1v) is 9.56. The van der Waals surface area contributed by atoms with Gasteiger partial charge in [-0.2, -0.15) is 0 Å². The van der Waals surface area contributed by atoms with Crippen LogP contribution in [0.25, 0.3) is 0 Å². The Labute approximate surface area is 195 Å². The van der Waals surface area contributed by atoms with E-state index < -0.39 is 0 Å². The van der Waals surface area contributed by atoms with Crippen LogP contribution >= 0.6 is 24.0 Å². The summed E-state index contributed by atoms with van der Waals surface area (Å²) in [6.45, 7) is 3.68. The molecule has 0 aliphatic rings. The maximum atomic E-state index is 11.9. The molecule has 7 nitrogen and oxygen atoms in total. The van der Waals surface area contributed by atoms with Crippen molar-refractivity contribution < 1.29 is 9.59 Å². The molecule has 2 aromatic rings. The van der Waals surface area contributed by atoms with E-state index in [1.807, 2.05) is 55.5 Å². The van der Waals surface area contributed by atoms with Gasteiger partial charge in [-0.3, -0.25) is 14.6 Å². The normalized spacial score (nSPS) is 10.6. The number of nitrogens with zero attached hydrogens (tertiary/aromatic N) is 2. The number of halogens is 1. The molecule has 0 bridgehead atoms. The lowest BCUT2D eigenvalue weighted by Crippen LogP contribution is -2.36. The fourth-order valence-electron chi connectivity index (χ4n) is 2.65. The summed E-state index contributed by atoms with van der Waals surface area (Å²) in [6.07, 6.45) is 0. The molecular weight excluding hydrogens is 493 g/mol. The zero-order valence-electron chi connectivity index (χ0n) is 17.9. The molecule has 8 heteroatoms. The Hall–Kier alpha value is -2.62. The monoisotopic (exact) mass is 523 g/mol. The summed E-state index contributed by atoms with van der Waals surface area (Å²) in [7, 11) is 5.19. The van der Waals surface area contributed by atoms with Crippen molar-refractivity contribution in [1.29, 1.82) is 0 Å². The molecular formula is C22H30IN5O2. The van der Waals surface area contributed by atoms with E-state index in [0.29, 0.717) is 36.7 Å². The molecule has 0 aromatic heterocycles. The van der Waals surface area contributed by atoms with Gasteiger partial charge in [0.2, 0.25) is 0 Å². The SMILES string of the molecule is CCNC(=O)c1ccc(CNC(=NC)NCc2ccc(C(=O)N(C)C)cc2)cc1.I. The van der Waals surface area contributed by atoms with Crippen LogP contribution in [0.2, 0.25) is 0 Å². The van der Waals surface area contributed by atoms with Gasteiger partial charge in [-0.1, -0.05) is 24.3 Å². The number of benzene rings is 2. The summed E-state index contributed by atoms with van der Waals surface area (Å²) >= 11 is 0. The molecule has 0 aliphatic heterocycles. The topological polar surface area (TPSA) is 85.8 Å². The summed E-state index contributed by atoms with van der Waals surface area (Å²) in [5, 5.41) is 9.29. The van der Waals surface area contributed by atoms with E-state index in [-0.39, 0.29) is 35.8 Å². The van der Waals surface area contributed by atoms with Gasteiger partial charge in [-0.15, -0.1) is 24.0 Å². The highest BCUT2D eigenvalue weighted by atomic mass is 127. The second-order valence-corrected chi connectivity index (χ2v) is 6.73. The Morgan fingerprint density at radius 3 is 1.70 bits per heavy atom. The highest BCUT2D eigenvalue weighted by Crippen LogP contribution is 2.07. The molecule has 0 heterocycles. The first-order valence-electron chi connectivity index (χ1n) is 9.56. The maximum Gasteiger partial charge on any atom is 0.253 e. The van der Waals surface area contributed by atoms with Crippen molar-refractivity contribution in [2.45, 2.75) is 20.0 Å². The lowest BCUT2D eigenvalue weighted by Gasteiger charge is -2.13. The minimum atomic E-state index is -0.0669. The van der Waals surface area contributed by atoms with Gasteiger partial charge in [0.05, 0.1) is 0 Å². The Balaban J connectivity index is 0.00000450. The fraction of sp³-hybridized carbons (Fsp3) is 0.318. The lowest BCUT2D eigenvalue weighted by atomic mass is 10.1. The van der Waals surface area contributed by atoms with Crippen LogP contribution in [0.5, 0.6) is 0 Å². The highest BCUT2D eigenvalue weighted by Gasteiger charge is 2.07. The van der Waals surface area contributed by atoms with E-state index in [1.54, 1.807) is 26.0 Å². The summed E-state index contributed by atoms with van der Waals surface area (Å²) in [5.41, 5.74) is 3.41. The van der Waals surface area contributed by atoms with Crippen LogP contribution in [0, 0.1) is 0 Å². The summed E-state index contributed by atoms with van der Waals surface area (Å²) in [5.74, 6) is 0.592. The smallest absolute Gasteiger partial charge is 0.253 e. The molecule has 0 radical (unpaired) electrons. The molecule has 0 atom stereocenters. The van der Waals surface area contributed by atoms with Crippen LogP contribution in [0.4, 0.5) is 0 Å². The van der Waals surface area contributed by atoms with Crippen molar-refractivity contribution in [1.82, 2.24) is 20.9 Å². The average Bonchev–Trinajstić information content (AvgIpc) is 2.74. The summed E-state index contributed by atoms with van der Waals surface area (Å²) in [6, 6.07) is 15.0. The number of guanidine groups is 1. The largest absolute Gasteiger partial charge is 0.352 e. The van der Waals surface area contributed by atoms with Crippen LogP contribution in [-0.2, 0) is 13.1 Å². The third kappa shape index (κ3) is 7.66. The minimum absolute atomic E-state index is 0. The quantitative estimate of drug-likeness (QED) is 0.296. The van der Waals surface area contributed by atoms with Gasteiger partial charge in [-0.25, -0.2) is 0 Å². The second-order valence-electron chi connectivity index (χ2n) is 6.73. The van der Waals surface area contributed by atoms with Crippen LogP contribution in [-0.4, -0.2) is 50.4 Å². The average molecular weight is 523 g/mol. The second kappa shape index (κ2) is 12.8. The van der Waals surface area contributed by atoms with E-state index in [4.69, 9.17) is 0 Å². The number of amides is 2. The van der Waals surface area contributed by atoms with Crippen LogP contribution in [0.1, 0.15) is 38.8 Å². The molecule has 0 unspecified atom stereocenters. The molecule has 30 heavy (non-hydrogen) atoms. The van der Waals surface area contributed by atoms with Crippen molar-refractivity contribution in [2.75, 3.05) is 27.7 Å². The van der Waals surface area contributed by atoms with E-state index in [2.05, 4.69) is 20.9 Å². The van der Waals surface area contributed by atoms with Gasteiger partial charge in [0, 0.05) is 51.9 Å². The number of carbonyl (C=O) groups excluding carboxylic acids is 2. The molecule has 0 spiro atoms. The molecule has 0 saturated carbocycles. The molecule has 3 N–H and O–H groups in total. The number of aliphatic imine (C=N–C) groups is 1. The van der Waals surface area contributed by atoms with Gasteiger partial charge in [-0.05, 0) is 42.3 Å². The fourth-order valence-corrected chi connectivity index (χ4v) is 2.65. The minimum Gasteiger partial charge on any atom is -0.352 e. The molecule has 0 fully saturated rings. The predicted octanol–water partition coefficient (Wildman–Crippen LogP) is 2.62. The Morgan fingerprint density at radius 1 is 0.833 bits per heavy atom. The van der Waals surface area contributed by atoms with Gasteiger partial charge in [0.1, 0.15) is 0 Å². The third-order valence-corrected chi connectivity index (χ3v) is 4.30. The molecule has 2 amide bonds. The molecule has 0 saturated heterocycles. The Bertz CT molecular complexity index is 849. The zero-order valence-corrected chi connectivity index (χ0v) is 20.2. The van der Waals surface area contributed by atoms with Crippen molar-refractivity contribution in [3.8, 4) is 0 Å². The summed E-state index contributed by atoms with van der Waals surface area (Å²) < 4.78 is 0. The zero-order chi connectivity index (χ0) is 21.2. The van der Waals surface area contributed by atoms with Gasteiger partial charge < -0.3 is 20.9 Å². The van der Waals surface area contributed by atoms with Crippen LogP contribution in [0.15, 0.2) is 53.5 Å². The Kier molecular flexibility index (Phi) is 10.9. The molecule has 162 valence electrons. The van der Waals surface area contributed by atoms with E-state index in [9.17, 15) is 9.59 Å². The number of hydrogen-bond donors (Lipinski definition) is 3. The van der Waals surface area contributed by atoms with Crippen LogP contribution in [0.3, 0.4) is 0 Å². The van der Waals surface area contributed by atoms with E-state index in [1.165, 1.54) is 0 Å². The Morgan fingerprint density at radius 2 is 1.30 bits per heavy atom. The van der Waals surface area contributed by atoms with Crippen molar-refractivity contribution >= 4 is 41.8 Å². The third-order valence-electron chi connectivity index (χ3n) is 4.30. The maximum absolute atomic E-state index is 11.9. The predicted molar refractivity (Wildman–Crippen MR) is 131 cm³/mol. The number of carbonyl (C=O) groups is 2. The van der Waals surface area contributed by atoms with E-state index in [0.717, 1.165) is 11.1 Å². The number of rotatable bonds is 7. The molecule has 0 aliphatic carbocycles. The lowest BCUT2D eigenvalue weighted by molar-refractivity contribution is 0.0827. The number of hydrogen-bond acceptors (Lipinski definition) is 3. The van der Waals surface area contributed by atoms with Gasteiger partial charge >= 0.3 is 0 Å². The highest BCUT2D eigenvalue weighted by molar-refractivity contribution is 14.0. The molecule has 2 aromatic carbocycles.